The molecule has 0 unspecified atom stereocenters. The Morgan fingerprint density at radius 3 is 2.30 bits per heavy atom. The van der Waals surface area contributed by atoms with Crippen LogP contribution in [0.15, 0.2) is 54.6 Å². The molecule has 0 fully saturated rings. The van der Waals surface area contributed by atoms with Crippen molar-refractivity contribution in [1.82, 2.24) is 0 Å². The minimum absolute atomic E-state index is 0.0805. The van der Waals surface area contributed by atoms with Crippen LogP contribution < -0.4 is 10.2 Å². The first-order valence-electron chi connectivity index (χ1n) is 8.93. The van der Waals surface area contributed by atoms with Crippen molar-refractivity contribution in [3.8, 4) is 0 Å². The zero-order valence-electron chi connectivity index (χ0n) is 16.1. The topological polar surface area (TPSA) is 78.9 Å². The largest absolute Gasteiger partial charge is 0.445 e. The minimum Gasteiger partial charge on any atom is -0.445 e. The maximum absolute atomic E-state index is 12.3. The van der Waals surface area contributed by atoms with E-state index >= 15 is 0 Å². The number of hydrogen-bond donors (Lipinski definition) is 2. The molecule has 0 radical (unpaired) electrons. The average Bonchev–Trinajstić information content (AvgIpc) is 2.71. The zero-order chi connectivity index (χ0) is 22.1. The summed E-state index contributed by atoms with van der Waals surface area (Å²) in [5, 5.41) is 11.5. The van der Waals surface area contributed by atoms with Gasteiger partial charge in [-0.15, -0.1) is 0 Å². The predicted octanol–water partition coefficient (Wildman–Crippen LogP) is 4.93. The molecule has 0 bridgehead atoms. The van der Waals surface area contributed by atoms with Crippen molar-refractivity contribution in [2.45, 2.75) is 3.79 Å². The summed E-state index contributed by atoms with van der Waals surface area (Å²) in [5.41, 5.74) is 2.75. The van der Waals surface area contributed by atoms with E-state index in [9.17, 15) is 9.59 Å². The number of carbonyl (C=O) groups is 2. The normalized spacial score (nSPS) is 11.4. The van der Waals surface area contributed by atoms with Gasteiger partial charge in [-0.25, -0.2) is 4.79 Å². The maximum atomic E-state index is 12.3. The maximum Gasteiger partial charge on any atom is 0.411 e. The van der Waals surface area contributed by atoms with Crippen LogP contribution in [-0.2, 0) is 4.74 Å². The molecule has 0 heterocycles. The molecule has 1 amide bonds. The average molecular weight is 472 g/mol. The van der Waals surface area contributed by atoms with Gasteiger partial charge in [0.05, 0.1) is 6.61 Å². The van der Waals surface area contributed by atoms with Crippen molar-refractivity contribution < 1.29 is 19.4 Å². The molecule has 2 aromatic rings. The molecule has 6 nitrogen and oxygen atoms in total. The lowest BCUT2D eigenvalue weighted by molar-refractivity contribution is 0.104. The van der Waals surface area contributed by atoms with Gasteiger partial charge in [0.2, 0.25) is 3.79 Å². The molecule has 0 spiro atoms. The number of hydrogen-bond acceptors (Lipinski definition) is 5. The highest BCUT2D eigenvalue weighted by Gasteiger charge is 2.22. The molecule has 0 saturated carbocycles. The fourth-order valence-electron chi connectivity index (χ4n) is 2.41. The van der Waals surface area contributed by atoms with E-state index in [0.29, 0.717) is 17.8 Å². The highest BCUT2D eigenvalue weighted by molar-refractivity contribution is 6.67. The van der Waals surface area contributed by atoms with Crippen molar-refractivity contribution in [3.63, 3.8) is 0 Å². The number of aliphatic hydroxyl groups excluding tert-OH is 1. The smallest absolute Gasteiger partial charge is 0.411 e. The van der Waals surface area contributed by atoms with Gasteiger partial charge in [-0.1, -0.05) is 53.0 Å². The number of allylic oxidation sites excluding steroid dienone is 1. The second-order valence-corrected chi connectivity index (χ2v) is 8.84. The number of benzene rings is 2. The Hall–Kier alpha value is -2.25. The summed E-state index contributed by atoms with van der Waals surface area (Å²) < 4.78 is 3.09. The SMILES string of the molecule is CN(CCO)c1ccc(/C=C/C(=O)c2ccc(NC(=O)OCC(Cl)(Cl)Cl)cc2)cc1. The van der Waals surface area contributed by atoms with Gasteiger partial charge in [0.1, 0.15) is 6.61 Å². The highest BCUT2D eigenvalue weighted by Crippen LogP contribution is 2.26. The summed E-state index contributed by atoms with van der Waals surface area (Å²) in [4.78, 5) is 25.9. The van der Waals surface area contributed by atoms with Gasteiger partial charge in [-0.2, -0.15) is 0 Å². The zero-order valence-corrected chi connectivity index (χ0v) is 18.4. The van der Waals surface area contributed by atoms with Crippen molar-refractivity contribution in [1.29, 1.82) is 0 Å². The Labute approximate surface area is 190 Å². The van der Waals surface area contributed by atoms with Crippen LogP contribution in [-0.4, -0.2) is 47.6 Å². The summed E-state index contributed by atoms with van der Waals surface area (Å²) in [5.74, 6) is -0.179. The second kappa shape index (κ2) is 11.2. The number of ketones is 1. The lowest BCUT2D eigenvalue weighted by Crippen LogP contribution is -2.21. The molecule has 0 aliphatic rings. The van der Waals surface area contributed by atoms with Crippen LogP contribution in [0.5, 0.6) is 0 Å². The van der Waals surface area contributed by atoms with E-state index in [1.54, 1.807) is 30.3 Å². The highest BCUT2D eigenvalue weighted by atomic mass is 35.6. The van der Waals surface area contributed by atoms with Crippen LogP contribution in [0.25, 0.3) is 6.08 Å². The fourth-order valence-corrected chi connectivity index (χ4v) is 2.57. The number of rotatable bonds is 8. The van der Waals surface area contributed by atoms with Gasteiger partial charge in [-0.05, 0) is 48.0 Å². The lowest BCUT2D eigenvalue weighted by atomic mass is 10.1. The molecule has 2 N–H and O–H groups in total. The van der Waals surface area contributed by atoms with Gasteiger partial charge >= 0.3 is 6.09 Å². The molecule has 0 atom stereocenters. The summed E-state index contributed by atoms with van der Waals surface area (Å²) in [6.45, 7) is 0.240. The first-order valence-corrected chi connectivity index (χ1v) is 10.1. The molecule has 2 rings (SSSR count). The van der Waals surface area contributed by atoms with Crippen LogP contribution in [0.1, 0.15) is 15.9 Å². The van der Waals surface area contributed by atoms with Gasteiger partial charge < -0.3 is 14.7 Å². The Kier molecular flexibility index (Phi) is 8.99. The first-order chi connectivity index (χ1) is 14.2. The fraction of sp³-hybridized carbons (Fsp3) is 0.238. The van der Waals surface area contributed by atoms with Crippen molar-refractivity contribution >= 4 is 64.1 Å². The first kappa shape index (κ1) is 24.0. The van der Waals surface area contributed by atoms with Crippen LogP contribution in [0.2, 0.25) is 0 Å². The molecule has 0 saturated heterocycles. The number of ether oxygens (including phenoxy) is 1. The number of carbonyl (C=O) groups excluding carboxylic acids is 2. The third-order valence-electron chi connectivity index (χ3n) is 3.98. The molecule has 30 heavy (non-hydrogen) atoms. The van der Waals surface area contributed by atoms with Gasteiger partial charge in [0, 0.05) is 30.5 Å². The number of amides is 1. The summed E-state index contributed by atoms with van der Waals surface area (Å²) in [7, 11) is 1.89. The third-order valence-corrected chi connectivity index (χ3v) is 4.31. The number of aliphatic hydroxyl groups is 1. The van der Waals surface area contributed by atoms with E-state index in [0.717, 1.165) is 11.3 Å². The molecule has 0 aliphatic heterocycles. The quantitative estimate of drug-likeness (QED) is 0.324. The second-order valence-electron chi connectivity index (χ2n) is 6.33. The van der Waals surface area contributed by atoms with Gasteiger partial charge in [-0.3, -0.25) is 10.1 Å². The molecule has 9 heteroatoms. The lowest BCUT2D eigenvalue weighted by Gasteiger charge is -2.17. The summed E-state index contributed by atoms with van der Waals surface area (Å²) in [6, 6.07) is 13.9. The van der Waals surface area contributed by atoms with Crippen LogP contribution in [0.4, 0.5) is 16.2 Å². The van der Waals surface area contributed by atoms with Crippen molar-refractivity contribution in [2.75, 3.05) is 37.0 Å². The van der Waals surface area contributed by atoms with E-state index in [4.69, 9.17) is 44.6 Å². The third kappa shape index (κ3) is 8.24. The monoisotopic (exact) mass is 470 g/mol. The minimum atomic E-state index is -1.68. The van der Waals surface area contributed by atoms with Crippen molar-refractivity contribution in [2.24, 2.45) is 0 Å². The molecule has 160 valence electrons. The predicted molar refractivity (Wildman–Crippen MR) is 122 cm³/mol. The van der Waals surface area contributed by atoms with Gasteiger partial charge in [0.25, 0.3) is 0 Å². The molecular weight excluding hydrogens is 451 g/mol. The van der Waals surface area contributed by atoms with Crippen LogP contribution >= 0.6 is 34.8 Å². The van der Waals surface area contributed by atoms with E-state index in [1.165, 1.54) is 6.08 Å². The summed E-state index contributed by atoms with van der Waals surface area (Å²) in [6.07, 6.45) is 2.43. The number of alkyl halides is 3. The van der Waals surface area contributed by atoms with E-state index in [2.05, 4.69) is 5.32 Å². The van der Waals surface area contributed by atoms with Crippen LogP contribution in [0.3, 0.4) is 0 Å². The Bertz CT molecular complexity index is 879. The number of anilines is 2. The number of nitrogens with zero attached hydrogens (tertiary/aromatic N) is 1. The molecule has 0 aliphatic carbocycles. The Morgan fingerprint density at radius 2 is 1.73 bits per heavy atom. The molecule has 0 aromatic heterocycles. The number of likely N-dealkylation sites (N-methyl/N-ethyl adjacent to an activating group) is 1. The number of halogens is 3. The van der Waals surface area contributed by atoms with E-state index in [-0.39, 0.29) is 19.0 Å². The Balaban J connectivity index is 1.92. The van der Waals surface area contributed by atoms with E-state index in [1.807, 2.05) is 36.2 Å². The standard InChI is InChI=1S/C21H21Cl3N2O4/c1-26(12-13-27)18-9-2-15(3-10-18)4-11-19(28)16-5-7-17(8-6-16)25-20(29)30-14-21(22,23)24/h2-11,27H,12-14H2,1H3,(H,25,29)/b11-4+. The molecular formula is C21H21Cl3N2O4. The van der Waals surface area contributed by atoms with E-state index < -0.39 is 9.89 Å². The molecule has 2 aromatic carbocycles. The number of nitrogens with one attached hydrogen (secondary N) is 1. The van der Waals surface area contributed by atoms with Gasteiger partial charge in [0.15, 0.2) is 5.78 Å². The Morgan fingerprint density at radius 1 is 1.10 bits per heavy atom. The van der Waals surface area contributed by atoms with Crippen molar-refractivity contribution in [3.05, 3.63) is 65.7 Å². The summed E-state index contributed by atoms with van der Waals surface area (Å²) >= 11 is 16.5. The van der Waals surface area contributed by atoms with Crippen LogP contribution in [0, 0.1) is 0 Å².